The average Bonchev–Trinajstić information content (AvgIpc) is 2.90. The molecule has 1 aromatic rings. The first kappa shape index (κ1) is 13.6. The van der Waals surface area contributed by atoms with E-state index in [9.17, 15) is 9.18 Å². The summed E-state index contributed by atoms with van der Waals surface area (Å²) in [5.74, 6) is -0.0324. The van der Waals surface area contributed by atoms with Gasteiger partial charge in [-0.3, -0.25) is 9.80 Å². The summed E-state index contributed by atoms with van der Waals surface area (Å²) in [7, 11) is 0. The molecule has 2 aliphatic heterocycles. The van der Waals surface area contributed by atoms with E-state index in [-0.39, 0.29) is 23.2 Å². The van der Waals surface area contributed by atoms with Crippen molar-refractivity contribution >= 4 is 5.91 Å². The summed E-state index contributed by atoms with van der Waals surface area (Å²) in [6.07, 6.45) is 2.81. The highest BCUT2D eigenvalue weighted by atomic mass is 19.1. The van der Waals surface area contributed by atoms with E-state index in [1.807, 2.05) is 11.1 Å². The summed E-state index contributed by atoms with van der Waals surface area (Å²) in [6.45, 7) is 5.85. The molecule has 0 saturated carbocycles. The molecular weight excluding hydrogens is 255 g/mol. The van der Waals surface area contributed by atoms with Crippen LogP contribution in [0.4, 0.5) is 4.39 Å². The molecule has 0 aliphatic carbocycles. The highest BCUT2D eigenvalue weighted by molar-refractivity contribution is 5.84. The van der Waals surface area contributed by atoms with Crippen LogP contribution in [0.1, 0.15) is 44.7 Å². The zero-order valence-electron chi connectivity index (χ0n) is 12.1. The number of halogens is 1. The molecule has 2 heterocycles. The molecule has 108 valence electrons. The summed E-state index contributed by atoms with van der Waals surface area (Å²) in [4.78, 5) is 12.8. The number of benzene rings is 1. The number of rotatable bonds is 3. The van der Waals surface area contributed by atoms with Crippen molar-refractivity contribution in [3.63, 3.8) is 0 Å². The number of hydrogen-bond acceptors (Lipinski definition) is 2. The van der Waals surface area contributed by atoms with Gasteiger partial charge in [-0.05, 0) is 37.5 Å². The largest absolute Gasteiger partial charge is 0.273 e. The van der Waals surface area contributed by atoms with Crippen molar-refractivity contribution in [1.82, 2.24) is 10.0 Å². The van der Waals surface area contributed by atoms with Crippen LogP contribution < -0.4 is 0 Å². The molecular formula is C16H21FN2O. The molecule has 0 bridgehead atoms. The van der Waals surface area contributed by atoms with Gasteiger partial charge in [0.05, 0.1) is 11.5 Å². The summed E-state index contributed by atoms with van der Waals surface area (Å²) in [5, 5.41) is 4.03. The number of hydrogen-bond donors (Lipinski definition) is 0. The first-order valence-corrected chi connectivity index (χ1v) is 7.39. The van der Waals surface area contributed by atoms with Gasteiger partial charge in [0.25, 0.3) is 0 Å². The lowest BCUT2D eigenvalue weighted by Crippen LogP contribution is -2.36. The van der Waals surface area contributed by atoms with Gasteiger partial charge in [0.2, 0.25) is 5.91 Å². The molecule has 0 radical (unpaired) electrons. The minimum absolute atomic E-state index is 0.00289. The van der Waals surface area contributed by atoms with Gasteiger partial charge in [0, 0.05) is 13.1 Å². The molecule has 2 atom stereocenters. The number of fused-ring (bicyclic) bond motifs is 1. The highest BCUT2D eigenvalue weighted by Gasteiger charge is 2.52. The second-order valence-corrected chi connectivity index (χ2v) is 6.21. The normalized spacial score (nSPS) is 30.1. The van der Waals surface area contributed by atoms with E-state index in [0.717, 1.165) is 37.9 Å². The van der Waals surface area contributed by atoms with Crippen LogP contribution in [0, 0.1) is 11.2 Å². The third-order valence-corrected chi connectivity index (χ3v) is 4.55. The van der Waals surface area contributed by atoms with Gasteiger partial charge in [-0.2, -0.15) is 0 Å². The standard InChI is InChI=1S/C16H21FN2O/c1-3-8-16(2)11-18-9-7-14(19(18)15(16)20)12-5-4-6-13(17)10-12/h4-6,10,14H,3,7-9,11H2,1-2H3/t14-,16+/m1/s1. The van der Waals surface area contributed by atoms with Crippen LogP contribution in [0.25, 0.3) is 0 Å². The molecule has 2 saturated heterocycles. The summed E-state index contributed by atoms with van der Waals surface area (Å²) >= 11 is 0. The smallest absolute Gasteiger partial charge is 0.244 e. The quantitative estimate of drug-likeness (QED) is 0.846. The van der Waals surface area contributed by atoms with Crippen molar-refractivity contribution in [2.45, 2.75) is 39.2 Å². The van der Waals surface area contributed by atoms with Crippen molar-refractivity contribution in [1.29, 1.82) is 0 Å². The summed E-state index contributed by atoms with van der Waals surface area (Å²) < 4.78 is 13.4. The number of nitrogens with zero attached hydrogens (tertiary/aromatic N) is 2. The third-order valence-electron chi connectivity index (χ3n) is 4.55. The maximum absolute atomic E-state index is 13.4. The topological polar surface area (TPSA) is 23.6 Å². The molecule has 0 aromatic heterocycles. The number of carbonyl (C=O) groups is 1. The molecule has 3 nitrogen and oxygen atoms in total. The lowest BCUT2D eigenvalue weighted by atomic mass is 9.85. The zero-order chi connectivity index (χ0) is 14.3. The SMILES string of the molecule is CCC[C@@]1(C)CN2CC[C@H](c3cccc(F)c3)N2C1=O. The van der Waals surface area contributed by atoms with Crippen molar-refractivity contribution in [3.05, 3.63) is 35.6 Å². The van der Waals surface area contributed by atoms with Crippen LogP contribution in [-0.2, 0) is 4.79 Å². The van der Waals surface area contributed by atoms with Crippen LogP contribution in [0.3, 0.4) is 0 Å². The molecule has 4 heteroatoms. The van der Waals surface area contributed by atoms with Crippen molar-refractivity contribution in [2.75, 3.05) is 13.1 Å². The van der Waals surface area contributed by atoms with Gasteiger partial charge in [-0.1, -0.05) is 25.5 Å². The Labute approximate surface area is 119 Å². The van der Waals surface area contributed by atoms with E-state index < -0.39 is 0 Å². The number of carbonyl (C=O) groups excluding carboxylic acids is 1. The van der Waals surface area contributed by atoms with Gasteiger partial charge >= 0.3 is 0 Å². The second-order valence-electron chi connectivity index (χ2n) is 6.21. The highest BCUT2D eigenvalue weighted by Crippen LogP contribution is 2.44. The maximum atomic E-state index is 13.4. The van der Waals surface area contributed by atoms with Crippen LogP contribution in [0.15, 0.2) is 24.3 Å². The van der Waals surface area contributed by atoms with Crippen molar-refractivity contribution in [2.24, 2.45) is 5.41 Å². The van der Waals surface area contributed by atoms with E-state index in [2.05, 4.69) is 18.9 Å². The lowest BCUT2D eigenvalue weighted by molar-refractivity contribution is -0.142. The molecule has 0 unspecified atom stereocenters. The van der Waals surface area contributed by atoms with Gasteiger partial charge in [0.15, 0.2) is 0 Å². The Morgan fingerprint density at radius 1 is 1.45 bits per heavy atom. The summed E-state index contributed by atoms with van der Waals surface area (Å²) in [6, 6.07) is 6.64. The second kappa shape index (κ2) is 4.85. The Kier molecular flexibility index (Phi) is 3.28. The Hall–Kier alpha value is -1.42. The minimum atomic E-state index is -0.277. The van der Waals surface area contributed by atoms with E-state index in [1.165, 1.54) is 6.07 Å². The van der Waals surface area contributed by atoms with E-state index >= 15 is 0 Å². The maximum Gasteiger partial charge on any atom is 0.244 e. The third kappa shape index (κ3) is 2.03. The Bertz CT molecular complexity index is 533. The van der Waals surface area contributed by atoms with Gasteiger partial charge in [0.1, 0.15) is 5.82 Å². The Morgan fingerprint density at radius 2 is 2.25 bits per heavy atom. The van der Waals surface area contributed by atoms with Crippen LogP contribution in [0.2, 0.25) is 0 Å². The van der Waals surface area contributed by atoms with E-state index in [4.69, 9.17) is 0 Å². The monoisotopic (exact) mass is 276 g/mol. The Balaban J connectivity index is 1.89. The fourth-order valence-electron chi connectivity index (χ4n) is 3.63. The van der Waals surface area contributed by atoms with E-state index in [0.29, 0.717) is 0 Å². The van der Waals surface area contributed by atoms with Gasteiger partial charge in [-0.15, -0.1) is 0 Å². The zero-order valence-corrected chi connectivity index (χ0v) is 12.1. The average molecular weight is 276 g/mol. The molecule has 2 fully saturated rings. The first-order valence-electron chi connectivity index (χ1n) is 7.39. The lowest BCUT2D eigenvalue weighted by Gasteiger charge is -2.26. The molecule has 2 aliphatic rings. The predicted molar refractivity (Wildman–Crippen MR) is 75.2 cm³/mol. The van der Waals surface area contributed by atoms with E-state index in [1.54, 1.807) is 12.1 Å². The van der Waals surface area contributed by atoms with Crippen molar-refractivity contribution in [3.8, 4) is 0 Å². The van der Waals surface area contributed by atoms with Gasteiger partial charge in [-0.25, -0.2) is 9.40 Å². The summed E-state index contributed by atoms with van der Waals surface area (Å²) in [5.41, 5.74) is 0.627. The molecule has 1 amide bonds. The molecule has 1 aromatic carbocycles. The Morgan fingerprint density at radius 3 is 2.95 bits per heavy atom. The number of amides is 1. The van der Waals surface area contributed by atoms with Crippen LogP contribution in [-0.4, -0.2) is 29.0 Å². The molecule has 0 spiro atoms. The first-order chi connectivity index (χ1) is 9.55. The fraction of sp³-hybridized carbons (Fsp3) is 0.562. The van der Waals surface area contributed by atoms with Crippen LogP contribution >= 0.6 is 0 Å². The number of hydrazine groups is 1. The van der Waals surface area contributed by atoms with Crippen LogP contribution in [0.5, 0.6) is 0 Å². The van der Waals surface area contributed by atoms with Gasteiger partial charge < -0.3 is 0 Å². The molecule has 0 N–H and O–H groups in total. The predicted octanol–water partition coefficient (Wildman–Crippen LogP) is 3.14. The van der Waals surface area contributed by atoms with Crippen molar-refractivity contribution < 1.29 is 9.18 Å². The molecule has 3 rings (SSSR count). The fourth-order valence-corrected chi connectivity index (χ4v) is 3.63. The minimum Gasteiger partial charge on any atom is -0.273 e. The molecule has 20 heavy (non-hydrogen) atoms.